The molecule has 1 fully saturated rings. The second-order valence-electron chi connectivity index (χ2n) is 7.89. The molecule has 1 saturated heterocycles. The van der Waals surface area contributed by atoms with E-state index in [1.807, 2.05) is 13.8 Å². The van der Waals surface area contributed by atoms with Crippen molar-refractivity contribution < 1.29 is 19.7 Å². The topological polar surface area (TPSA) is 66.8 Å². The van der Waals surface area contributed by atoms with Crippen molar-refractivity contribution in [3.05, 3.63) is 23.3 Å². The summed E-state index contributed by atoms with van der Waals surface area (Å²) in [6, 6.07) is 0. The van der Waals surface area contributed by atoms with Crippen molar-refractivity contribution >= 4 is 5.97 Å². The standard InChI is InChI=1S/C20H32O4/c1-13-7-5-9-14(2)17(21)11-16-12-18(24-19(22)15(16)3)20(4,23)10-6-8-13/h8-9,15-18,21,23H,5-7,10-12H2,1-4H3/b13-8+,14-9+/t15-,16+,17+,18-,20-/m0/s1. The van der Waals surface area contributed by atoms with Gasteiger partial charge in [-0.1, -0.05) is 24.6 Å². The van der Waals surface area contributed by atoms with E-state index in [1.165, 1.54) is 5.57 Å². The quantitative estimate of drug-likeness (QED) is 0.525. The second kappa shape index (κ2) is 7.83. The molecule has 1 aliphatic carbocycles. The number of aliphatic hydroxyl groups excluding tert-OH is 1. The molecule has 0 spiro atoms. The lowest BCUT2D eigenvalue weighted by atomic mass is 9.76. The molecule has 5 atom stereocenters. The predicted molar refractivity (Wildman–Crippen MR) is 94.4 cm³/mol. The minimum absolute atomic E-state index is 0.0290. The molecule has 0 radical (unpaired) electrons. The summed E-state index contributed by atoms with van der Waals surface area (Å²) in [4.78, 5) is 12.2. The van der Waals surface area contributed by atoms with Gasteiger partial charge in [-0.15, -0.1) is 0 Å². The van der Waals surface area contributed by atoms with Gasteiger partial charge in [0, 0.05) is 0 Å². The maximum Gasteiger partial charge on any atom is 0.309 e. The largest absolute Gasteiger partial charge is 0.459 e. The average molecular weight is 336 g/mol. The van der Waals surface area contributed by atoms with Crippen molar-refractivity contribution in [2.75, 3.05) is 0 Å². The molecule has 0 aromatic heterocycles. The van der Waals surface area contributed by atoms with Gasteiger partial charge in [0.05, 0.1) is 17.6 Å². The van der Waals surface area contributed by atoms with E-state index in [-0.39, 0.29) is 17.8 Å². The van der Waals surface area contributed by atoms with Crippen molar-refractivity contribution in [1.82, 2.24) is 0 Å². The zero-order chi connectivity index (χ0) is 17.9. The molecule has 4 nitrogen and oxygen atoms in total. The minimum atomic E-state index is -1.04. The van der Waals surface area contributed by atoms with Gasteiger partial charge in [0.1, 0.15) is 6.10 Å². The van der Waals surface area contributed by atoms with Crippen molar-refractivity contribution in [2.24, 2.45) is 11.8 Å². The molecule has 0 amide bonds. The van der Waals surface area contributed by atoms with Gasteiger partial charge >= 0.3 is 5.97 Å². The molecule has 1 aliphatic heterocycles. The first-order valence-corrected chi connectivity index (χ1v) is 9.14. The van der Waals surface area contributed by atoms with Crippen LogP contribution in [0.4, 0.5) is 0 Å². The number of carbonyl (C=O) groups excluding carboxylic acids is 1. The van der Waals surface area contributed by atoms with Gasteiger partial charge in [0.2, 0.25) is 0 Å². The fourth-order valence-corrected chi connectivity index (χ4v) is 3.66. The Bertz CT molecular complexity index is 518. The van der Waals surface area contributed by atoms with Gasteiger partial charge in [-0.3, -0.25) is 4.79 Å². The van der Waals surface area contributed by atoms with Crippen LogP contribution in [0, 0.1) is 11.8 Å². The lowest BCUT2D eigenvalue weighted by Gasteiger charge is -2.41. The molecule has 2 rings (SSSR count). The Morgan fingerprint density at radius 2 is 1.92 bits per heavy atom. The number of rotatable bonds is 0. The monoisotopic (exact) mass is 336 g/mol. The molecular weight excluding hydrogens is 304 g/mol. The molecule has 0 unspecified atom stereocenters. The first-order chi connectivity index (χ1) is 11.2. The van der Waals surface area contributed by atoms with E-state index >= 15 is 0 Å². The third-order valence-corrected chi connectivity index (χ3v) is 5.75. The number of aliphatic hydroxyl groups is 2. The minimum Gasteiger partial charge on any atom is -0.459 e. The summed E-state index contributed by atoms with van der Waals surface area (Å²) < 4.78 is 5.53. The molecule has 0 saturated carbocycles. The number of ether oxygens (including phenoxy) is 1. The van der Waals surface area contributed by atoms with Crippen molar-refractivity contribution in [1.29, 1.82) is 0 Å². The molecule has 2 N–H and O–H groups in total. The van der Waals surface area contributed by atoms with Crippen LogP contribution in [0.25, 0.3) is 0 Å². The fourth-order valence-electron chi connectivity index (χ4n) is 3.66. The molecule has 0 aromatic carbocycles. The maximum absolute atomic E-state index is 12.2. The van der Waals surface area contributed by atoms with Crippen molar-refractivity contribution in [2.45, 2.75) is 84.0 Å². The second-order valence-corrected chi connectivity index (χ2v) is 7.89. The Labute approximate surface area is 145 Å². The Morgan fingerprint density at radius 3 is 2.62 bits per heavy atom. The fraction of sp³-hybridized carbons (Fsp3) is 0.750. The van der Waals surface area contributed by atoms with Crippen LogP contribution >= 0.6 is 0 Å². The normalized spacial score (nSPS) is 43.7. The average Bonchev–Trinajstić information content (AvgIpc) is 2.50. The molecular formula is C20H32O4. The lowest BCUT2D eigenvalue weighted by molar-refractivity contribution is -0.184. The van der Waals surface area contributed by atoms with Crippen LogP contribution in [0.15, 0.2) is 23.3 Å². The maximum atomic E-state index is 12.2. The number of esters is 1. The SMILES string of the molecule is C/C1=C\CC[C@](C)(O)[C@@H]2C[C@@H](C[C@@H](O)/C(C)=C/CC1)[C@H](C)C(=O)O2. The van der Waals surface area contributed by atoms with Crippen LogP contribution in [0.2, 0.25) is 0 Å². The third kappa shape index (κ3) is 4.70. The Morgan fingerprint density at radius 1 is 1.21 bits per heavy atom. The van der Waals surface area contributed by atoms with E-state index in [4.69, 9.17) is 4.74 Å². The van der Waals surface area contributed by atoms with E-state index in [0.717, 1.165) is 24.8 Å². The Hall–Kier alpha value is -1.13. The van der Waals surface area contributed by atoms with E-state index in [2.05, 4.69) is 19.1 Å². The molecule has 24 heavy (non-hydrogen) atoms. The highest BCUT2D eigenvalue weighted by Gasteiger charge is 2.44. The molecule has 0 aromatic rings. The summed E-state index contributed by atoms with van der Waals surface area (Å²) in [7, 11) is 0. The first-order valence-electron chi connectivity index (χ1n) is 9.14. The van der Waals surface area contributed by atoms with Crippen molar-refractivity contribution in [3.8, 4) is 0 Å². The zero-order valence-electron chi connectivity index (χ0n) is 15.4. The van der Waals surface area contributed by atoms with Crippen LogP contribution in [0.5, 0.6) is 0 Å². The smallest absolute Gasteiger partial charge is 0.309 e. The van der Waals surface area contributed by atoms with Crippen LogP contribution in [-0.2, 0) is 9.53 Å². The molecule has 4 heteroatoms. The van der Waals surface area contributed by atoms with Crippen LogP contribution in [-0.4, -0.2) is 34.0 Å². The summed E-state index contributed by atoms with van der Waals surface area (Å²) >= 11 is 0. The van der Waals surface area contributed by atoms with Gasteiger partial charge < -0.3 is 14.9 Å². The summed E-state index contributed by atoms with van der Waals surface area (Å²) in [5, 5.41) is 21.3. The van der Waals surface area contributed by atoms with Crippen LogP contribution in [0.1, 0.15) is 66.2 Å². The van der Waals surface area contributed by atoms with Crippen molar-refractivity contribution in [3.63, 3.8) is 0 Å². The number of hydrogen-bond acceptors (Lipinski definition) is 4. The van der Waals surface area contributed by atoms with Gasteiger partial charge in [-0.2, -0.15) is 0 Å². The molecule has 2 bridgehead atoms. The number of allylic oxidation sites excluding steroid dienone is 3. The summed E-state index contributed by atoms with van der Waals surface area (Å²) in [6.45, 7) is 7.67. The molecule has 2 aliphatic rings. The number of fused-ring (bicyclic) bond motifs is 2. The third-order valence-electron chi connectivity index (χ3n) is 5.75. The Kier molecular flexibility index (Phi) is 6.27. The van der Waals surface area contributed by atoms with Gasteiger partial charge in [-0.05, 0) is 70.8 Å². The Balaban J connectivity index is 2.26. The molecule has 1 heterocycles. The van der Waals surface area contributed by atoms with Crippen LogP contribution in [0.3, 0.4) is 0 Å². The predicted octanol–water partition coefficient (Wildman–Crippen LogP) is 3.52. The van der Waals surface area contributed by atoms with Gasteiger partial charge in [-0.25, -0.2) is 0 Å². The number of carbonyl (C=O) groups is 1. The summed E-state index contributed by atoms with van der Waals surface area (Å²) in [6.07, 6.45) is 7.58. The van der Waals surface area contributed by atoms with E-state index < -0.39 is 17.8 Å². The lowest BCUT2D eigenvalue weighted by Crippen LogP contribution is -2.49. The summed E-state index contributed by atoms with van der Waals surface area (Å²) in [5.41, 5.74) is 1.22. The summed E-state index contributed by atoms with van der Waals surface area (Å²) in [5.74, 6) is -0.472. The molecule has 136 valence electrons. The zero-order valence-corrected chi connectivity index (χ0v) is 15.4. The highest BCUT2D eigenvalue weighted by Crippen LogP contribution is 2.37. The van der Waals surface area contributed by atoms with Gasteiger partial charge in [0.15, 0.2) is 0 Å². The van der Waals surface area contributed by atoms with E-state index in [9.17, 15) is 15.0 Å². The van der Waals surface area contributed by atoms with Crippen LogP contribution < -0.4 is 0 Å². The van der Waals surface area contributed by atoms with E-state index in [0.29, 0.717) is 19.3 Å². The van der Waals surface area contributed by atoms with E-state index in [1.54, 1.807) is 6.92 Å². The number of hydrogen-bond donors (Lipinski definition) is 2. The highest BCUT2D eigenvalue weighted by molar-refractivity contribution is 5.73. The first kappa shape index (κ1) is 19.2. The van der Waals surface area contributed by atoms with Gasteiger partial charge in [0.25, 0.3) is 0 Å². The highest BCUT2D eigenvalue weighted by atomic mass is 16.6.